The highest BCUT2D eigenvalue weighted by Crippen LogP contribution is 2.22. The number of thiophene rings is 1. The summed E-state index contributed by atoms with van der Waals surface area (Å²) in [6, 6.07) is 5.80. The Morgan fingerprint density at radius 1 is 1.08 bits per heavy atom. The summed E-state index contributed by atoms with van der Waals surface area (Å²) < 4.78 is 0. The van der Waals surface area contributed by atoms with Gasteiger partial charge in [0, 0.05) is 44.0 Å². The number of carbonyl (C=O) groups excluding carboxylic acids is 2. The Hall–Kier alpha value is -2.21. The minimum atomic E-state index is 0.00210. The first-order chi connectivity index (χ1) is 11.6. The van der Waals surface area contributed by atoms with Gasteiger partial charge in [0.05, 0.1) is 17.0 Å². The topological polar surface area (TPSA) is 53.5 Å². The van der Waals surface area contributed by atoms with E-state index in [2.05, 4.69) is 10.4 Å². The van der Waals surface area contributed by atoms with Gasteiger partial charge in [-0.25, -0.2) is 0 Å². The summed E-state index contributed by atoms with van der Waals surface area (Å²) in [6.07, 6.45) is 0.810. The van der Waals surface area contributed by atoms with Crippen molar-refractivity contribution in [3.05, 3.63) is 40.2 Å². The number of hydrogen-bond donors (Lipinski definition) is 0. The molecule has 126 valence electrons. The minimum absolute atomic E-state index is 0.00210. The number of carbonyl (C=O) groups is 2. The summed E-state index contributed by atoms with van der Waals surface area (Å²) in [7, 11) is 0. The highest BCUT2D eigenvalue weighted by Gasteiger charge is 2.22. The number of pyridine rings is 1. The molecule has 1 fully saturated rings. The molecule has 5 nitrogen and oxygen atoms in total. The molecule has 1 aliphatic rings. The van der Waals surface area contributed by atoms with Gasteiger partial charge in [-0.3, -0.25) is 14.6 Å². The van der Waals surface area contributed by atoms with Gasteiger partial charge in [-0.15, -0.1) is 0 Å². The summed E-state index contributed by atoms with van der Waals surface area (Å²) >= 11 is 1.63. The molecule has 6 heteroatoms. The van der Waals surface area contributed by atoms with Gasteiger partial charge in [0.25, 0.3) is 5.91 Å². The Morgan fingerprint density at radius 2 is 1.83 bits per heavy atom. The molecule has 0 saturated carbocycles. The van der Waals surface area contributed by atoms with E-state index in [0.717, 1.165) is 23.4 Å². The molecule has 3 heterocycles. The van der Waals surface area contributed by atoms with Crippen molar-refractivity contribution in [2.45, 2.75) is 20.3 Å². The van der Waals surface area contributed by atoms with Crippen molar-refractivity contribution in [2.75, 3.05) is 26.2 Å². The first-order valence-corrected chi connectivity index (χ1v) is 9.05. The Kier molecular flexibility index (Phi) is 4.94. The molecule has 0 aromatic carbocycles. The molecule has 24 heavy (non-hydrogen) atoms. The predicted octanol–water partition coefficient (Wildman–Crippen LogP) is 2.81. The smallest absolute Gasteiger partial charge is 0.255 e. The Bertz CT molecular complexity index is 743. The highest BCUT2D eigenvalue weighted by atomic mass is 32.1. The maximum Gasteiger partial charge on any atom is 0.255 e. The van der Waals surface area contributed by atoms with E-state index in [-0.39, 0.29) is 11.8 Å². The first-order valence-electron chi connectivity index (χ1n) is 8.11. The van der Waals surface area contributed by atoms with Crippen molar-refractivity contribution in [1.82, 2.24) is 14.8 Å². The average Bonchev–Trinajstić information content (AvgIpc) is 2.98. The average molecular weight is 343 g/mol. The number of amides is 2. The van der Waals surface area contributed by atoms with Gasteiger partial charge in [-0.05, 0) is 36.9 Å². The third-order valence-electron chi connectivity index (χ3n) is 4.36. The van der Waals surface area contributed by atoms with E-state index in [4.69, 9.17) is 0 Å². The quantitative estimate of drug-likeness (QED) is 0.842. The fourth-order valence-electron chi connectivity index (χ4n) is 2.96. The van der Waals surface area contributed by atoms with Crippen LogP contribution in [0.3, 0.4) is 0 Å². The second kappa shape index (κ2) is 7.13. The Balaban J connectivity index is 1.76. The molecule has 3 rings (SSSR count). The highest BCUT2D eigenvalue weighted by molar-refractivity contribution is 7.08. The van der Waals surface area contributed by atoms with Crippen molar-refractivity contribution in [2.24, 2.45) is 0 Å². The molecule has 1 aliphatic heterocycles. The van der Waals surface area contributed by atoms with Crippen LogP contribution in [-0.4, -0.2) is 52.8 Å². The standard InChI is InChI=1S/C18H21N3O2S/c1-13-16(4-5-17(19-13)15-6-11-24-12-15)18(23)21-8-3-7-20(9-10-21)14(2)22/h4-6,11-12H,3,7-10H2,1-2H3. The van der Waals surface area contributed by atoms with Gasteiger partial charge in [0.15, 0.2) is 0 Å². The molecule has 0 aliphatic carbocycles. The lowest BCUT2D eigenvalue weighted by atomic mass is 10.1. The van der Waals surface area contributed by atoms with E-state index in [0.29, 0.717) is 31.7 Å². The van der Waals surface area contributed by atoms with Gasteiger partial charge in [0.2, 0.25) is 5.91 Å². The molecular formula is C18H21N3O2S. The van der Waals surface area contributed by atoms with Crippen LogP contribution in [-0.2, 0) is 4.79 Å². The lowest BCUT2D eigenvalue weighted by Gasteiger charge is -2.22. The molecule has 0 N–H and O–H groups in total. The molecule has 2 amide bonds. The minimum Gasteiger partial charge on any atom is -0.341 e. The number of hydrogen-bond acceptors (Lipinski definition) is 4. The molecule has 0 atom stereocenters. The maximum atomic E-state index is 12.8. The molecule has 2 aromatic heterocycles. The molecule has 2 aromatic rings. The number of nitrogens with zero attached hydrogens (tertiary/aromatic N) is 3. The van der Waals surface area contributed by atoms with Gasteiger partial charge in [-0.1, -0.05) is 0 Å². The van der Waals surface area contributed by atoms with Gasteiger partial charge in [-0.2, -0.15) is 11.3 Å². The molecule has 0 unspecified atom stereocenters. The second-order valence-electron chi connectivity index (χ2n) is 5.99. The zero-order valence-electron chi connectivity index (χ0n) is 14.0. The van der Waals surface area contributed by atoms with E-state index >= 15 is 0 Å². The molecule has 0 spiro atoms. The van der Waals surface area contributed by atoms with E-state index in [1.807, 2.05) is 35.4 Å². The summed E-state index contributed by atoms with van der Waals surface area (Å²) in [5.74, 6) is 0.0736. The van der Waals surface area contributed by atoms with E-state index in [1.165, 1.54) is 0 Å². The fourth-order valence-corrected chi connectivity index (χ4v) is 3.61. The van der Waals surface area contributed by atoms with Crippen molar-refractivity contribution in [3.63, 3.8) is 0 Å². The maximum absolute atomic E-state index is 12.8. The Morgan fingerprint density at radius 3 is 2.50 bits per heavy atom. The van der Waals surface area contributed by atoms with Crippen LogP contribution in [0, 0.1) is 6.92 Å². The molecule has 0 radical (unpaired) electrons. The summed E-state index contributed by atoms with van der Waals surface area (Å²) in [5.41, 5.74) is 3.36. The first kappa shape index (κ1) is 16.6. The lowest BCUT2D eigenvalue weighted by molar-refractivity contribution is -0.128. The third-order valence-corrected chi connectivity index (χ3v) is 5.04. The summed E-state index contributed by atoms with van der Waals surface area (Å²) in [6.45, 7) is 6.02. The Labute approximate surface area is 145 Å². The zero-order valence-corrected chi connectivity index (χ0v) is 14.8. The number of rotatable bonds is 2. The van der Waals surface area contributed by atoms with Crippen molar-refractivity contribution >= 4 is 23.2 Å². The van der Waals surface area contributed by atoms with Crippen LogP contribution in [0.1, 0.15) is 29.4 Å². The molecule has 1 saturated heterocycles. The number of aromatic nitrogens is 1. The van der Waals surface area contributed by atoms with Crippen LogP contribution in [0.25, 0.3) is 11.3 Å². The third kappa shape index (κ3) is 3.48. The van der Waals surface area contributed by atoms with E-state index in [1.54, 1.807) is 23.2 Å². The number of aryl methyl sites for hydroxylation is 1. The largest absolute Gasteiger partial charge is 0.341 e. The second-order valence-corrected chi connectivity index (χ2v) is 6.77. The van der Waals surface area contributed by atoms with Crippen molar-refractivity contribution in [3.8, 4) is 11.3 Å². The van der Waals surface area contributed by atoms with Gasteiger partial charge < -0.3 is 9.80 Å². The van der Waals surface area contributed by atoms with Crippen LogP contribution in [0.4, 0.5) is 0 Å². The summed E-state index contributed by atoms with van der Waals surface area (Å²) in [4.78, 5) is 32.6. The molecule has 0 bridgehead atoms. The monoisotopic (exact) mass is 343 g/mol. The normalized spacial score (nSPS) is 15.2. The zero-order chi connectivity index (χ0) is 17.1. The van der Waals surface area contributed by atoms with E-state index in [9.17, 15) is 9.59 Å². The lowest BCUT2D eigenvalue weighted by Crippen LogP contribution is -2.36. The van der Waals surface area contributed by atoms with Crippen molar-refractivity contribution in [1.29, 1.82) is 0 Å². The van der Waals surface area contributed by atoms with E-state index < -0.39 is 0 Å². The van der Waals surface area contributed by atoms with Crippen LogP contribution in [0.2, 0.25) is 0 Å². The molecular weight excluding hydrogens is 322 g/mol. The SMILES string of the molecule is CC(=O)N1CCCN(C(=O)c2ccc(-c3ccsc3)nc2C)CC1. The van der Waals surface area contributed by atoms with Crippen LogP contribution in [0.5, 0.6) is 0 Å². The van der Waals surface area contributed by atoms with Gasteiger partial charge in [0.1, 0.15) is 0 Å². The fraction of sp³-hybridized carbons (Fsp3) is 0.389. The van der Waals surface area contributed by atoms with Crippen LogP contribution >= 0.6 is 11.3 Å². The van der Waals surface area contributed by atoms with Crippen LogP contribution in [0.15, 0.2) is 29.0 Å². The van der Waals surface area contributed by atoms with Crippen LogP contribution < -0.4 is 0 Å². The predicted molar refractivity (Wildman–Crippen MR) is 95.1 cm³/mol. The van der Waals surface area contributed by atoms with Gasteiger partial charge >= 0.3 is 0 Å². The van der Waals surface area contributed by atoms with Crippen molar-refractivity contribution < 1.29 is 9.59 Å². The summed E-state index contributed by atoms with van der Waals surface area (Å²) in [5, 5.41) is 4.07.